The highest BCUT2D eigenvalue weighted by molar-refractivity contribution is 6.07. The molecular formula is C28H35N3O4. The molecule has 0 fully saturated rings. The number of aromatic nitrogens is 2. The normalized spacial score (nSPS) is 13.5. The predicted octanol–water partition coefficient (Wildman–Crippen LogP) is 6.14. The topological polar surface area (TPSA) is 82.4 Å². The number of aryl methyl sites for hydroxylation is 1. The number of amides is 1. The number of para-hydroxylation sites is 1. The molecule has 35 heavy (non-hydrogen) atoms. The molecule has 2 heterocycles. The van der Waals surface area contributed by atoms with Crippen molar-refractivity contribution in [3.63, 3.8) is 0 Å². The van der Waals surface area contributed by atoms with Gasteiger partial charge in [0, 0.05) is 30.6 Å². The Bertz CT molecular complexity index is 1180. The second-order valence-electron chi connectivity index (χ2n) is 10.0. The van der Waals surface area contributed by atoms with Crippen molar-refractivity contribution in [2.24, 2.45) is 0 Å². The molecule has 7 nitrogen and oxygen atoms in total. The van der Waals surface area contributed by atoms with E-state index in [0.29, 0.717) is 19.6 Å². The van der Waals surface area contributed by atoms with Crippen LogP contribution in [-0.2, 0) is 11.3 Å². The van der Waals surface area contributed by atoms with Gasteiger partial charge in [0.15, 0.2) is 5.78 Å². The Labute approximate surface area is 206 Å². The number of nitrogens with zero attached hydrogens (tertiary/aromatic N) is 2. The van der Waals surface area contributed by atoms with E-state index in [1.807, 2.05) is 63.2 Å². The van der Waals surface area contributed by atoms with Gasteiger partial charge in [-0.2, -0.15) is 0 Å². The number of unbranched alkanes of at least 4 members (excludes halogenated alkanes) is 3. The molecule has 0 spiro atoms. The molecule has 1 amide bonds. The number of hydrogen-bond donors (Lipinski definition) is 1. The van der Waals surface area contributed by atoms with Gasteiger partial charge >= 0.3 is 6.09 Å². The van der Waals surface area contributed by atoms with Gasteiger partial charge in [-0.1, -0.05) is 18.9 Å². The summed E-state index contributed by atoms with van der Waals surface area (Å²) in [6.07, 6.45) is 4.99. The lowest BCUT2D eigenvalue weighted by Crippen LogP contribution is -2.32. The summed E-state index contributed by atoms with van der Waals surface area (Å²) >= 11 is 0. The third-order valence-electron chi connectivity index (χ3n) is 5.97. The van der Waals surface area contributed by atoms with E-state index in [1.165, 1.54) is 0 Å². The summed E-state index contributed by atoms with van der Waals surface area (Å²) < 4.78 is 13.3. The fourth-order valence-electron chi connectivity index (χ4n) is 4.36. The van der Waals surface area contributed by atoms with Crippen LogP contribution in [0.25, 0.3) is 22.4 Å². The predicted molar refractivity (Wildman–Crippen MR) is 137 cm³/mol. The first-order chi connectivity index (χ1) is 16.8. The van der Waals surface area contributed by atoms with Crippen LogP contribution in [0.1, 0.15) is 69.7 Å². The number of hydrogen-bond acceptors (Lipinski definition) is 5. The van der Waals surface area contributed by atoms with E-state index in [2.05, 4.69) is 9.88 Å². The van der Waals surface area contributed by atoms with Crippen molar-refractivity contribution in [3.8, 4) is 17.1 Å². The van der Waals surface area contributed by atoms with Crippen molar-refractivity contribution in [2.75, 3.05) is 13.2 Å². The first-order valence-electron chi connectivity index (χ1n) is 12.5. The minimum Gasteiger partial charge on any atom is -0.494 e. The second kappa shape index (κ2) is 10.9. The number of carbonyl (C=O) groups is 2. The van der Waals surface area contributed by atoms with Crippen LogP contribution in [0.3, 0.4) is 0 Å². The van der Waals surface area contributed by atoms with E-state index >= 15 is 0 Å². The lowest BCUT2D eigenvalue weighted by molar-refractivity contribution is 0.0526. The highest BCUT2D eigenvalue weighted by Crippen LogP contribution is 2.31. The van der Waals surface area contributed by atoms with Crippen LogP contribution in [-0.4, -0.2) is 40.2 Å². The Kier molecular flexibility index (Phi) is 7.73. The molecule has 4 rings (SSSR count). The fourth-order valence-corrected chi connectivity index (χ4v) is 4.36. The monoisotopic (exact) mass is 477 g/mol. The zero-order valence-electron chi connectivity index (χ0n) is 20.9. The molecule has 186 valence electrons. The quantitative estimate of drug-likeness (QED) is 0.374. The van der Waals surface area contributed by atoms with Crippen molar-refractivity contribution in [1.29, 1.82) is 0 Å². The summed E-state index contributed by atoms with van der Waals surface area (Å²) in [5.74, 6) is 1.93. The van der Waals surface area contributed by atoms with Crippen molar-refractivity contribution >= 4 is 22.9 Å². The number of carbonyl (C=O) groups excluding carboxylic acids is 2. The average molecular weight is 478 g/mol. The second-order valence-corrected chi connectivity index (χ2v) is 10.0. The number of benzene rings is 2. The first kappa shape index (κ1) is 24.8. The van der Waals surface area contributed by atoms with E-state index in [0.717, 1.165) is 72.4 Å². The third-order valence-corrected chi connectivity index (χ3v) is 5.97. The number of ether oxygens (including phenoxy) is 2. The minimum atomic E-state index is -0.466. The average Bonchev–Trinajstić information content (AvgIpc) is 3.09. The van der Waals surface area contributed by atoms with E-state index in [9.17, 15) is 9.59 Å². The number of rotatable bonds is 9. The van der Waals surface area contributed by atoms with Crippen LogP contribution in [0.5, 0.6) is 5.75 Å². The molecule has 0 atom stereocenters. The summed E-state index contributed by atoms with van der Waals surface area (Å²) in [7, 11) is 0. The summed E-state index contributed by atoms with van der Waals surface area (Å²) in [5.41, 5.74) is 3.15. The van der Waals surface area contributed by atoms with Crippen LogP contribution >= 0.6 is 0 Å². The van der Waals surface area contributed by atoms with Crippen molar-refractivity contribution in [1.82, 2.24) is 14.9 Å². The van der Waals surface area contributed by atoms with E-state index in [-0.39, 0.29) is 11.9 Å². The van der Waals surface area contributed by atoms with E-state index < -0.39 is 5.60 Å². The van der Waals surface area contributed by atoms with Gasteiger partial charge in [-0.25, -0.2) is 9.78 Å². The van der Waals surface area contributed by atoms with Crippen molar-refractivity contribution in [3.05, 3.63) is 48.0 Å². The number of Topliss-reactive ketones (excluding diaryl/α,β-unsaturated/α-hetero) is 1. The molecule has 0 saturated heterocycles. The van der Waals surface area contributed by atoms with Gasteiger partial charge in [0.2, 0.25) is 0 Å². The molecule has 0 unspecified atom stereocenters. The summed E-state index contributed by atoms with van der Waals surface area (Å²) in [6.45, 7) is 7.64. The first-order valence-corrected chi connectivity index (χ1v) is 12.5. The van der Waals surface area contributed by atoms with Gasteiger partial charge in [0.1, 0.15) is 17.2 Å². The van der Waals surface area contributed by atoms with Gasteiger partial charge in [-0.05, 0) is 76.4 Å². The Morgan fingerprint density at radius 1 is 1.06 bits per heavy atom. The molecule has 0 aliphatic carbocycles. The molecule has 0 saturated carbocycles. The molecule has 0 bridgehead atoms. The standard InChI is InChI=1S/C28H35N3O4/c1-28(2,3)35-27(33)29-17-6-4-5-7-19-34-21-15-13-20(14-16-21)26-30-23-11-8-10-22-24(32)12-9-18-31(26)25(22)23/h8,10-11,13-16H,4-7,9,12,17-19H2,1-3H3,(H,29,33). The van der Waals surface area contributed by atoms with Crippen LogP contribution in [0.2, 0.25) is 0 Å². The smallest absolute Gasteiger partial charge is 0.407 e. The largest absolute Gasteiger partial charge is 0.494 e. The number of nitrogens with one attached hydrogen (secondary N) is 1. The Balaban J connectivity index is 1.24. The van der Waals surface area contributed by atoms with Crippen molar-refractivity contribution in [2.45, 2.75) is 71.4 Å². The molecule has 1 aliphatic heterocycles. The fraction of sp³-hybridized carbons (Fsp3) is 0.464. The molecule has 3 aromatic rings. The molecular weight excluding hydrogens is 442 g/mol. The maximum atomic E-state index is 12.5. The van der Waals surface area contributed by atoms with Gasteiger partial charge in [0.25, 0.3) is 0 Å². The number of ketones is 1. The molecule has 0 radical (unpaired) electrons. The van der Waals surface area contributed by atoms with Crippen molar-refractivity contribution < 1.29 is 19.1 Å². The Morgan fingerprint density at radius 2 is 1.83 bits per heavy atom. The van der Waals surface area contributed by atoms with Crippen LogP contribution in [0.4, 0.5) is 4.79 Å². The van der Waals surface area contributed by atoms with Gasteiger partial charge in [-0.15, -0.1) is 0 Å². The van der Waals surface area contributed by atoms with Crippen LogP contribution < -0.4 is 10.1 Å². The number of alkyl carbamates (subject to hydrolysis) is 1. The number of imidazole rings is 1. The zero-order chi connectivity index (χ0) is 24.8. The van der Waals surface area contributed by atoms with Crippen LogP contribution in [0, 0.1) is 0 Å². The minimum absolute atomic E-state index is 0.198. The third kappa shape index (κ3) is 6.41. The summed E-state index contributed by atoms with van der Waals surface area (Å²) in [6, 6.07) is 13.8. The van der Waals surface area contributed by atoms with E-state index in [1.54, 1.807) is 0 Å². The van der Waals surface area contributed by atoms with E-state index in [4.69, 9.17) is 14.5 Å². The lowest BCUT2D eigenvalue weighted by Gasteiger charge is -2.19. The molecule has 1 aromatic heterocycles. The maximum Gasteiger partial charge on any atom is 0.407 e. The van der Waals surface area contributed by atoms with Crippen LogP contribution in [0.15, 0.2) is 42.5 Å². The summed E-state index contributed by atoms with van der Waals surface area (Å²) in [4.78, 5) is 28.9. The molecule has 1 N–H and O–H groups in total. The van der Waals surface area contributed by atoms with Gasteiger partial charge in [0.05, 0.1) is 17.6 Å². The zero-order valence-corrected chi connectivity index (χ0v) is 20.9. The summed E-state index contributed by atoms with van der Waals surface area (Å²) in [5, 5.41) is 2.79. The Morgan fingerprint density at radius 3 is 2.60 bits per heavy atom. The SMILES string of the molecule is CC(C)(C)OC(=O)NCCCCCCOc1ccc(-c2nc3cccc4c3n2CCCC4=O)cc1. The molecule has 2 aromatic carbocycles. The molecule has 1 aliphatic rings. The highest BCUT2D eigenvalue weighted by Gasteiger charge is 2.22. The van der Waals surface area contributed by atoms with Gasteiger partial charge in [-0.3, -0.25) is 4.79 Å². The lowest BCUT2D eigenvalue weighted by atomic mass is 10.1. The highest BCUT2D eigenvalue weighted by atomic mass is 16.6. The Hall–Kier alpha value is -3.35. The molecule has 7 heteroatoms. The maximum absolute atomic E-state index is 12.5. The van der Waals surface area contributed by atoms with Gasteiger partial charge < -0.3 is 19.4 Å².